The minimum absolute atomic E-state index is 0.0281. The summed E-state index contributed by atoms with van der Waals surface area (Å²) >= 11 is 6.26. The monoisotopic (exact) mass is 670 g/mol. The van der Waals surface area contributed by atoms with Gasteiger partial charge in [-0.25, -0.2) is 9.78 Å². The van der Waals surface area contributed by atoms with Crippen LogP contribution in [0, 0.1) is 0 Å². The van der Waals surface area contributed by atoms with Crippen LogP contribution in [0.1, 0.15) is 49.0 Å². The number of aliphatic imine (C=N–C) groups is 1. The van der Waals surface area contributed by atoms with Gasteiger partial charge >= 0.3 is 6.09 Å². The van der Waals surface area contributed by atoms with Gasteiger partial charge in [-0.1, -0.05) is 36.4 Å². The van der Waals surface area contributed by atoms with Gasteiger partial charge in [0.15, 0.2) is 0 Å². The molecule has 1 N–H and O–H groups in total. The summed E-state index contributed by atoms with van der Waals surface area (Å²) in [4.78, 5) is 35.5. The molecule has 1 aromatic heterocycles. The summed E-state index contributed by atoms with van der Waals surface area (Å²) in [7, 11) is 5.44. The van der Waals surface area contributed by atoms with Crippen LogP contribution in [0.4, 0.5) is 4.79 Å². The first-order valence-corrected chi connectivity index (χ1v) is 16.0. The molecule has 0 unspecified atom stereocenters. The van der Waals surface area contributed by atoms with E-state index in [0.717, 1.165) is 79.8 Å². The van der Waals surface area contributed by atoms with E-state index in [1.54, 1.807) is 17.4 Å². The lowest BCUT2D eigenvalue weighted by Gasteiger charge is -2.33. The maximum atomic E-state index is 12.2. The zero-order valence-electron chi connectivity index (χ0n) is 28.4. The van der Waals surface area contributed by atoms with Crippen LogP contribution in [-0.4, -0.2) is 104 Å². The van der Waals surface area contributed by atoms with Crippen LogP contribution < -0.4 is 5.32 Å². The molecule has 4 rings (SSSR count). The number of benzene rings is 1. The first-order chi connectivity index (χ1) is 22.5. The van der Waals surface area contributed by atoms with E-state index >= 15 is 0 Å². The number of rotatable bonds is 11. The molecule has 0 saturated carbocycles. The molecule has 2 aliphatic rings. The highest BCUT2D eigenvalue weighted by Crippen LogP contribution is 2.33. The first kappa shape index (κ1) is 39.4. The lowest BCUT2D eigenvalue weighted by Crippen LogP contribution is -2.48. The van der Waals surface area contributed by atoms with E-state index in [-0.39, 0.29) is 24.7 Å². The predicted octanol–water partition coefficient (Wildman–Crippen LogP) is 5.48. The molecular formula is C35H51ClN6O5. The summed E-state index contributed by atoms with van der Waals surface area (Å²) in [6, 6.07) is 5.32. The van der Waals surface area contributed by atoms with Crippen LogP contribution in [-0.2, 0) is 32.5 Å². The summed E-state index contributed by atoms with van der Waals surface area (Å²) in [5, 5.41) is 3.61. The highest BCUT2D eigenvalue weighted by Gasteiger charge is 2.25. The molecule has 0 bridgehead atoms. The van der Waals surface area contributed by atoms with Gasteiger partial charge in [0.2, 0.25) is 5.91 Å². The van der Waals surface area contributed by atoms with Gasteiger partial charge in [0, 0.05) is 64.4 Å². The number of ether oxygens (including phenoxy) is 3. The maximum Gasteiger partial charge on any atom is 0.410 e. The van der Waals surface area contributed by atoms with Crippen molar-refractivity contribution in [3.05, 3.63) is 84.1 Å². The second kappa shape index (κ2) is 21.2. The van der Waals surface area contributed by atoms with E-state index in [0.29, 0.717) is 18.2 Å². The van der Waals surface area contributed by atoms with Gasteiger partial charge in [0.25, 0.3) is 0 Å². The number of piperazine rings is 1. The van der Waals surface area contributed by atoms with Gasteiger partial charge in [0.05, 0.1) is 37.5 Å². The number of halogens is 1. The summed E-state index contributed by atoms with van der Waals surface area (Å²) in [5.74, 6) is -0.227. The lowest BCUT2D eigenvalue weighted by atomic mass is 9.91. The minimum atomic E-state index is -0.442. The number of nitrogens with one attached hydrogen (secondary N) is 1. The predicted molar refractivity (Wildman–Crippen MR) is 189 cm³/mol. The van der Waals surface area contributed by atoms with Crippen molar-refractivity contribution >= 4 is 35.9 Å². The Balaban J connectivity index is 0.000000323. The van der Waals surface area contributed by atoms with Crippen molar-refractivity contribution in [2.45, 2.75) is 44.8 Å². The van der Waals surface area contributed by atoms with E-state index < -0.39 is 6.04 Å². The Hall–Kier alpha value is -3.77. The molecule has 47 heavy (non-hydrogen) atoms. The number of imidazole rings is 1. The highest BCUT2D eigenvalue weighted by atomic mass is 35.5. The molecule has 2 aliphatic heterocycles. The van der Waals surface area contributed by atoms with Gasteiger partial charge in [-0.2, -0.15) is 0 Å². The third-order valence-corrected chi connectivity index (χ3v) is 7.88. The maximum absolute atomic E-state index is 12.2. The number of likely N-dealkylation sites (N-methyl/N-ethyl adjacent to an activating group) is 1. The van der Waals surface area contributed by atoms with Gasteiger partial charge in [-0.15, -0.1) is 6.58 Å². The van der Waals surface area contributed by atoms with Gasteiger partial charge < -0.3 is 33.9 Å². The molecule has 3 heterocycles. The van der Waals surface area contributed by atoms with Crippen LogP contribution in [0.5, 0.6) is 0 Å². The topological polar surface area (TPSA) is 111 Å². The van der Waals surface area contributed by atoms with Crippen LogP contribution in [0.25, 0.3) is 5.57 Å². The third kappa shape index (κ3) is 13.9. The summed E-state index contributed by atoms with van der Waals surface area (Å²) in [6.07, 6.45) is 8.07. The standard InChI is InChI=1S/C21H26ClN3O2.C11H20N2O3.C3H5N/c1-14(2)6-7-16-8-9-17(22)10-18(16)15(3)21(24-20(26)12-27-5)19-11-23-13-25(19)4;1-12-4-6-13(7-5-12)11(14)16-10-2-8-15-9-3-10;1-3-4-2/h8-11,13,21H,1,3,6-7,12H2,2,4-5H3,(H,24,26);10H,2-9H2,1H3;3H,1-2H2/t21-;;/m1../s1. The molecule has 0 radical (unpaired) electrons. The number of methoxy groups -OCH3 is 1. The summed E-state index contributed by atoms with van der Waals surface area (Å²) in [6.45, 7) is 21.4. The third-order valence-electron chi connectivity index (χ3n) is 7.64. The number of allylic oxidation sites excluding steroid dienone is 1. The van der Waals surface area contributed by atoms with Crippen molar-refractivity contribution in [1.29, 1.82) is 0 Å². The normalized spacial score (nSPS) is 15.6. The molecule has 1 atom stereocenters. The SMILES string of the molecule is C=C(C)CCc1ccc(Cl)cc1C(=C)[C@@H](NC(=O)COC)c1cncn1C.C=CN=C.CN1CCN(C(=O)OC2CCOCC2)CC1. The van der Waals surface area contributed by atoms with E-state index in [4.69, 9.17) is 25.8 Å². The molecule has 2 amide bonds. The molecule has 2 fully saturated rings. The van der Waals surface area contributed by atoms with E-state index in [1.165, 1.54) is 13.3 Å². The fourth-order valence-corrected chi connectivity index (χ4v) is 5.06. The zero-order chi connectivity index (χ0) is 34.8. The van der Waals surface area contributed by atoms with Crippen molar-refractivity contribution in [1.82, 2.24) is 24.7 Å². The number of nitrogens with zero attached hydrogens (tertiary/aromatic N) is 5. The molecule has 0 spiro atoms. The van der Waals surface area contributed by atoms with Crippen molar-refractivity contribution in [3.8, 4) is 0 Å². The Morgan fingerprint density at radius 1 is 1.19 bits per heavy atom. The van der Waals surface area contributed by atoms with Crippen molar-refractivity contribution in [2.24, 2.45) is 12.0 Å². The van der Waals surface area contributed by atoms with Crippen molar-refractivity contribution < 1.29 is 23.8 Å². The van der Waals surface area contributed by atoms with Gasteiger partial charge in [-0.05, 0) is 62.4 Å². The molecule has 0 aliphatic carbocycles. The Bertz CT molecular complexity index is 1330. The molecule has 12 heteroatoms. The minimum Gasteiger partial charge on any atom is -0.446 e. The van der Waals surface area contributed by atoms with Crippen LogP contribution in [0.3, 0.4) is 0 Å². The average Bonchev–Trinajstić information content (AvgIpc) is 3.49. The average molecular weight is 671 g/mol. The summed E-state index contributed by atoms with van der Waals surface area (Å²) in [5.41, 5.74) is 4.73. The number of carbonyl (C=O) groups is 2. The number of aromatic nitrogens is 2. The van der Waals surface area contributed by atoms with E-state index in [2.05, 4.69) is 53.7 Å². The molecule has 2 saturated heterocycles. The Kier molecular flexibility index (Phi) is 17.8. The first-order valence-electron chi connectivity index (χ1n) is 15.7. The molecule has 11 nitrogen and oxygen atoms in total. The van der Waals surface area contributed by atoms with Gasteiger partial charge in [0.1, 0.15) is 12.7 Å². The fraction of sp³-hybridized carbons (Fsp3) is 0.486. The lowest BCUT2D eigenvalue weighted by molar-refractivity contribution is -0.125. The van der Waals surface area contributed by atoms with Crippen molar-refractivity contribution in [3.63, 3.8) is 0 Å². The van der Waals surface area contributed by atoms with Crippen molar-refractivity contribution in [2.75, 3.05) is 60.2 Å². The Morgan fingerprint density at radius 3 is 2.40 bits per heavy atom. The largest absolute Gasteiger partial charge is 0.446 e. The van der Waals surface area contributed by atoms with Gasteiger partial charge in [-0.3, -0.25) is 9.79 Å². The number of aryl methyl sites for hydroxylation is 2. The van der Waals surface area contributed by atoms with Crippen LogP contribution in [0.15, 0.2) is 67.2 Å². The Labute approximate surface area is 284 Å². The van der Waals surface area contributed by atoms with E-state index in [9.17, 15) is 9.59 Å². The quantitative estimate of drug-likeness (QED) is 0.249. The highest BCUT2D eigenvalue weighted by molar-refractivity contribution is 6.30. The molecular weight excluding hydrogens is 620 g/mol. The Morgan fingerprint density at radius 2 is 1.85 bits per heavy atom. The number of hydrogen-bond acceptors (Lipinski definition) is 8. The molecule has 1 aromatic carbocycles. The molecule has 258 valence electrons. The number of carbonyl (C=O) groups excluding carboxylic acids is 2. The van der Waals surface area contributed by atoms with E-state index in [1.807, 2.05) is 36.7 Å². The second-order valence-electron chi connectivity index (χ2n) is 11.5. The second-order valence-corrected chi connectivity index (χ2v) is 11.9. The van der Waals surface area contributed by atoms with Crippen LogP contribution in [0.2, 0.25) is 5.02 Å². The fourth-order valence-electron chi connectivity index (χ4n) is 4.89. The number of hydrogen-bond donors (Lipinski definition) is 1. The number of amides is 2. The zero-order valence-corrected chi connectivity index (χ0v) is 29.1. The smallest absolute Gasteiger partial charge is 0.410 e. The molecule has 2 aromatic rings. The summed E-state index contributed by atoms with van der Waals surface area (Å²) < 4.78 is 17.5. The van der Waals surface area contributed by atoms with Crippen LogP contribution >= 0.6 is 11.6 Å².